The van der Waals surface area contributed by atoms with Crippen LogP contribution in [0, 0.1) is 6.92 Å². The van der Waals surface area contributed by atoms with Gasteiger partial charge in [-0.15, -0.1) is 0 Å². The zero-order valence-electron chi connectivity index (χ0n) is 9.61. The molecule has 1 saturated heterocycles. The Morgan fingerprint density at radius 1 is 1.50 bits per heavy atom. The van der Waals surface area contributed by atoms with Gasteiger partial charge in [0.15, 0.2) is 0 Å². The Balaban J connectivity index is 2.01. The summed E-state index contributed by atoms with van der Waals surface area (Å²) < 4.78 is 10.8. The van der Waals surface area contributed by atoms with Crippen molar-refractivity contribution in [2.24, 2.45) is 0 Å². The summed E-state index contributed by atoms with van der Waals surface area (Å²) in [6.45, 7) is 3.72. The van der Waals surface area contributed by atoms with E-state index in [-0.39, 0.29) is 12.7 Å². The predicted octanol–water partition coefficient (Wildman–Crippen LogP) is 1.70. The summed E-state index contributed by atoms with van der Waals surface area (Å²) in [6, 6.07) is 6.20. The molecule has 0 saturated carbocycles. The Kier molecular flexibility index (Phi) is 3.80. The van der Waals surface area contributed by atoms with Crippen LogP contribution in [0.4, 0.5) is 0 Å². The smallest absolute Gasteiger partial charge is 0.122 e. The number of aliphatic hydroxyl groups excluding tert-OH is 1. The fraction of sp³-hybridized carbons (Fsp3) is 0.538. The Morgan fingerprint density at radius 3 is 3.00 bits per heavy atom. The second kappa shape index (κ2) is 5.32. The van der Waals surface area contributed by atoms with Gasteiger partial charge in [0.2, 0.25) is 0 Å². The highest BCUT2D eigenvalue weighted by Gasteiger charge is 2.23. The molecule has 0 bridgehead atoms. The molecular formula is C13H18O3. The zero-order chi connectivity index (χ0) is 11.4. The molecule has 3 heteroatoms. The lowest BCUT2D eigenvalue weighted by Gasteiger charge is -2.11. The minimum atomic E-state index is 0.221. The highest BCUT2D eigenvalue weighted by Crippen LogP contribution is 2.23. The normalized spacial score (nSPS) is 18.5. The van der Waals surface area contributed by atoms with Gasteiger partial charge in [-0.2, -0.15) is 0 Å². The van der Waals surface area contributed by atoms with Crippen LogP contribution in [-0.2, 0) is 11.2 Å². The number of hydrogen-bond donors (Lipinski definition) is 1. The largest absolute Gasteiger partial charge is 0.490 e. The molecule has 1 aliphatic rings. The Labute approximate surface area is 96.0 Å². The van der Waals surface area contributed by atoms with Crippen LogP contribution in [0.25, 0.3) is 0 Å². The summed E-state index contributed by atoms with van der Waals surface area (Å²) in [5.41, 5.74) is 2.36. The number of rotatable bonds is 6. The summed E-state index contributed by atoms with van der Waals surface area (Å²) in [4.78, 5) is 0. The van der Waals surface area contributed by atoms with Gasteiger partial charge < -0.3 is 14.6 Å². The topological polar surface area (TPSA) is 42.0 Å². The van der Waals surface area contributed by atoms with E-state index in [1.165, 1.54) is 11.1 Å². The van der Waals surface area contributed by atoms with Crippen LogP contribution in [0.5, 0.6) is 5.75 Å². The van der Waals surface area contributed by atoms with Crippen LogP contribution in [0.1, 0.15) is 17.5 Å². The standard InChI is InChI=1S/C13H18O3/c1-10-4-5-11(3-2-6-14)13(7-10)16-9-12-8-15-12/h4-5,7,12,14H,2-3,6,8-9H2,1H3/t12-/m0/s1. The molecule has 88 valence electrons. The second-order valence-electron chi connectivity index (χ2n) is 4.20. The van der Waals surface area contributed by atoms with E-state index in [1.54, 1.807) is 0 Å². The molecule has 1 aromatic carbocycles. The predicted molar refractivity (Wildman–Crippen MR) is 61.8 cm³/mol. The molecule has 1 heterocycles. The van der Waals surface area contributed by atoms with E-state index >= 15 is 0 Å². The van der Waals surface area contributed by atoms with Gasteiger partial charge in [-0.3, -0.25) is 0 Å². The van der Waals surface area contributed by atoms with Crippen molar-refractivity contribution in [1.29, 1.82) is 0 Å². The molecule has 1 N–H and O–H groups in total. The van der Waals surface area contributed by atoms with E-state index in [0.717, 1.165) is 25.2 Å². The van der Waals surface area contributed by atoms with E-state index < -0.39 is 0 Å². The lowest BCUT2D eigenvalue weighted by atomic mass is 10.1. The summed E-state index contributed by atoms with van der Waals surface area (Å²) in [5, 5.41) is 8.84. The van der Waals surface area contributed by atoms with Gasteiger partial charge in [0.25, 0.3) is 0 Å². The Bertz CT molecular complexity index is 345. The molecule has 0 radical (unpaired) electrons. The Morgan fingerprint density at radius 2 is 2.31 bits per heavy atom. The first-order chi connectivity index (χ1) is 7.79. The van der Waals surface area contributed by atoms with E-state index in [9.17, 15) is 0 Å². The number of aliphatic hydroxyl groups is 1. The lowest BCUT2D eigenvalue weighted by Crippen LogP contribution is -2.06. The average Bonchev–Trinajstić information content (AvgIpc) is 3.09. The van der Waals surface area contributed by atoms with Gasteiger partial charge in [0, 0.05) is 6.61 Å². The summed E-state index contributed by atoms with van der Waals surface area (Å²) >= 11 is 0. The van der Waals surface area contributed by atoms with Crippen molar-refractivity contribution >= 4 is 0 Å². The second-order valence-corrected chi connectivity index (χ2v) is 4.20. The van der Waals surface area contributed by atoms with E-state index in [4.69, 9.17) is 14.6 Å². The van der Waals surface area contributed by atoms with Crippen molar-refractivity contribution in [3.8, 4) is 5.75 Å². The van der Waals surface area contributed by atoms with Gasteiger partial charge in [0.05, 0.1) is 6.61 Å². The van der Waals surface area contributed by atoms with Crippen molar-refractivity contribution in [1.82, 2.24) is 0 Å². The molecule has 2 rings (SSSR count). The summed E-state index contributed by atoms with van der Waals surface area (Å²) in [5.74, 6) is 0.934. The highest BCUT2D eigenvalue weighted by molar-refractivity contribution is 5.37. The first-order valence-corrected chi connectivity index (χ1v) is 5.74. The molecule has 0 unspecified atom stereocenters. The van der Waals surface area contributed by atoms with Gasteiger partial charge in [-0.05, 0) is 37.0 Å². The molecule has 3 nitrogen and oxygen atoms in total. The Hall–Kier alpha value is -1.06. The van der Waals surface area contributed by atoms with Gasteiger partial charge >= 0.3 is 0 Å². The van der Waals surface area contributed by atoms with Crippen LogP contribution >= 0.6 is 0 Å². The molecule has 0 amide bonds. The SMILES string of the molecule is Cc1ccc(CCCO)c(OC[C@@H]2CO2)c1. The van der Waals surface area contributed by atoms with Crippen LogP contribution in [-0.4, -0.2) is 31.0 Å². The van der Waals surface area contributed by atoms with Crippen LogP contribution < -0.4 is 4.74 Å². The average molecular weight is 222 g/mol. The number of aryl methyl sites for hydroxylation is 2. The molecule has 0 aromatic heterocycles. The van der Waals surface area contributed by atoms with Gasteiger partial charge in [0.1, 0.15) is 18.5 Å². The molecule has 1 fully saturated rings. The van der Waals surface area contributed by atoms with E-state index in [1.807, 2.05) is 0 Å². The van der Waals surface area contributed by atoms with E-state index in [2.05, 4.69) is 25.1 Å². The third-order valence-electron chi connectivity index (χ3n) is 2.65. The number of epoxide rings is 1. The third kappa shape index (κ3) is 3.22. The fourth-order valence-corrected chi connectivity index (χ4v) is 1.62. The quantitative estimate of drug-likeness (QED) is 0.745. The summed E-state index contributed by atoms with van der Waals surface area (Å²) in [6.07, 6.45) is 1.92. The first kappa shape index (κ1) is 11.4. The van der Waals surface area contributed by atoms with Crippen molar-refractivity contribution in [3.05, 3.63) is 29.3 Å². The molecule has 1 atom stereocenters. The number of ether oxygens (including phenoxy) is 2. The molecule has 1 aromatic rings. The molecule has 0 aliphatic carbocycles. The van der Waals surface area contributed by atoms with Crippen molar-refractivity contribution in [2.45, 2.75) is 25.9 Å². The van der Waals surface area contributed by atoms with Gasteiger partial charge in [-0.1, -0.05) is 12.1 Å². The van der Waals surface area contributed by atoms with Crippen LogP contribution in [0.3, 0.4) is 0 Å². The molecule has 0 spiro atoms. The number of benzene rings is 1. The molecule has 16 heavy (non-hydrogen) atoms. The molecular weight excluding hydrogens is 204 g/mol. The molecule has 1 aliphatic heterocycles. The lowest BCUT2D eigenvalue weighted by molar-refractivity contribution is 0.259. The maximum absolute atomic E-state index is 8.84. The highest BCUT2D eigenvalue weighted by atomic mass is 16.6. The van der Waals surface area contributed by atoms with Crippen LogP contribution in [0.15, 0.2) is 18.2 Å². The maximum atomic E-state index is 8.84. The monoisotopic (exact) mass is 222 g/mol. The first-order valence-electron chi connectivity index (χ1n) is 5.74. The van der Waals surface area contributed by atoms with Crippen molar-refractivity contribution in [2.75, 3.05) is 19.8 Å². The third-order valence-corrected chi connectivity index (χ3v) is 2.65. The minimum absolute atomic E-state index is 0.221. The fourth-order valence-electron chi connectivity index (χ4n) is 1.62. The van der Waals surface area contributed by atoms with Crippen molar-refractivity contribution in [3.63, 3.8) is 0 Å². The van der Waals surface area contributed by atoms with Crippen molar-refractivity contribution < 1.29 is 14.6 Å². The van der Waals surface area contributed by atoms with Crippen LogP contribution in [0.2, 0.25) is 0 Å². The minimum Gasteiger partial charge on any atom is -0.490 e. The summed E-state index contributed by atoms with van der Waals surface area (Å²) in [7, 11) is 0. The maximum Gasteiger partial charge on any atom is 0.122 e. The number of hydrogen-bond acceptors (Lipinski definition) is 3. The van der Waals surface area contributed by atoms with E-state index in [0.29, 0.717) is 6.61 Å². The zero-order valence-corrected chi connectivity index (χ0v) is 9.61. The van der Waals surface area contributed by atoms with Gasteiger partial charge in [-0.25, -0.2) is 0 Å².